The Balaban J connectivity index is 1.81. The number of pyridine rings is 1. The number of rotatable bonds is 2. The van der Waals surface area contributed by atoms with Gasteiger partial charge in [-0.3, -0.25) is 0 Å². The van der Waals surface area contributed by atoms with Gasteiger partial charge in [0.15, 0.2) is 0 Å². The van der Waals surface area contributed by atoms with E-state index in [9.17, 15) is 5.11 Å². The van der Waals surface area contributed by atoms with Gasteiger partial charge in [0.05, 0.1) is 15.4 Å². The number of nitrogens with zero attached hydrogens (tertiary/aromatic N) is 4. The first-order valence-electron chi connectivity index (χ1n) is 6.24. The first-order chi connectivity index (χ1) is 10.3. The number of para-hydroxylation sites is 1. The quantitative estimate of drug-likeness (QED) is 0.593. The number of phenols is 1. The molecule has 0 aliphatic heterocycles. The normalized spacial score (nSPS) is 11.0. The zero-order valence-electron chi connectivity index (χ0n) is 10.7. The molecular weight excluding hydrogens is 286 g/mol. The summed E-state index contributed by atoms with van der Waals surface area (Å²) in [5.74, 6) is 0.749. The number of tetrazole rings is 1. The Morgan fingerprint density at radius 1 is 1.00 bits per heavy atom. The van der Waals surface area contributed by atoms with Gasteiger partial charge in [-0.15, -0.1) is 21.5 Å². The second-order valence-electron chi connectivity index (χ2n) is 4.44. The number of aromatic nitrogens is 5. The molecule has 4 rings (SSSR count). The number of hydrogen-bond acceptors (Lipinski definition) is 6. The summed E-state index contributed by atoms with van der Waals surface area (Å²) in [6.45, 7) is 0. The van der Waals surface area contributed by atoms with Crippen LogP contribution in [0.5, 0.6) is 5.75 Å². The van der Waals surface area contributed by atoms with Crippen LogP contribution in [0.4, 0.5) is 0 Å². The van der Waals surface area contributed by atoms with Crippen LogP contribution in [0.25, 0.3) is 32.2 Å². The molecule has 7 heteroatoms. The van der Waals surface area contributed by atoms with E-state index in [1.165, 1.54) is 11.3 Å². The highest BCUT2D eigenvalue weighted by molar-refractivity contribution is 7.18. The summed E-state index contributed by atoms with van der Waals surface area (Å²) >= 11 is 1.53. The summed E-state index contributed by atoms with van der Waals surface area (Å²) < 4.78 is 0. The van der Waals surface area contributed by atoms with Gasteiger partial charge in [0, 0.05) is 5.39 Å². The van der Waals surface area contributed by atoms with E-state index >= 15 is 0 Å². The lowest BCUT2D eigenvalue weighted by molar-refractivity contribution is 0.480. The maximum absolute atomic E-state index is 9.91. The third kappa shape index (κ3) is 2.03. The van der Waals surface area contributed by atoms with Crippen LogP contribution >= 0.6 is 11.3 Å². The van der Waals surface area contributed by atoms with Crippen molar-refractivity contribution in [3.8, 4) is 27.0 Å². The molecule has 1 aromatic carbocycles. The molecule has 6 nitrogen and oxygen atoms in total. The van der Waals surface area contributed by atoms with Crippen molar-refractivity contribution in [1.29, 1.82) is 0 Å². The number of H-pyrrole nitrogens is 1. The van der Waals surface area contributed by atoms with Crippen molar-refractivity contribution in [3.05, 3.63) is 42.5 Å². The van der Waals surface area contributed by atoms with Crippen LogP contribution < -0.4 is 0 Å². The summed E-state index contributed by atoms with van der Waals surface area (Å²) in [6, 6.07) is 13.1. The van der Waals surface area contributed by atoms with Crippen LogP contribution in [-0.2, 0) is 0 Å². The van der Waals surface area contributed by atoms with Gasteiger partial charge in [0.1, 0.15) is 11.3 Å². The Morgan fingerprint density at radius 2 is 1.90 bits per heavy atom. The average molecular weight is 295 g/mol. The molecule has 0 radical (unpaired) electrons. The molecule has 21 heavy (non-hydrogen) atoms. The second kappa shape index (κ2) is 4.64. The SMILES string of the molecule is Oc1cccc2ccc(-c3ccc(-c4nn[nH]n4)s3)nc12. The molecule has 0 unspecified atom stereocenters. The summed E-state index contributed by atoms with van der Waals surface area (Å²) in [7, 11) is 0. The number of fused-ring (bicyclic) bond motifs is 1. The molecule has 0 spiro atoms. The zero-order chi connectivity index (χ0) is 14.2. The molecule has 0 aliphatic carbocycles. The standard InChI is InChI=1S/C14H9N5OS/c20-10-3-1-2-8-4-5-9(15-13(8)10)11-6-7-12(21-11)14-16-18-19-17-14/h1-7,20H,(H,16,17,18,19). The lowest BCUT2D eigenvalue weighted by Crippen LogP contribution is -1.83. The largest absolute Gasteiger partial charge is 0.506 e. The van der Waals surface area contributed by atoms with Gasteiger partial charge < -0.3 is 5.11 Å². The Kier molecular flexibility index (Phi) is 2.65. The lowest BCUT2D eigenvalue weighted by Gasteiger charge is -2.02. The minimum absolute atomic E-state index is 0.185. The second-order valence-corrected chi connectivity index (χ2v) is 5.53. The van der Waals surface area contributed by atoms with E-state index in [2.05, 4.69) is 25.6 Å². The topological polar surface area (TPSA) is 87.6 Å². The number of benzene rings is 1. The Labute approximate surface area is 123 Å². The first-order valence-corrected chi connectivity index (χ1v) is 7.06. The maximum Gasteiger partial charge on any atom is 0.214 e. The van der Waals surface area contributed by atoms with E-state index in [0.717, 1.165) is 20.8 Å². The third-order valence-corrected chi connectivity index (χ3v) is 4.23. The molecule has 4 aromatic rings. The molecule has 0 amide bonds. The van der Waals surface area contributed by atoms with E-state index in [1.807, 2.05) is 30.3 Å². The van der Waals surface area contributed by atoms with E-state index in [4.69, 9.17) is 0 Å². The van der Waals surface area contributed by atoms with Crippen molar-refractivity contribution < 1.29 is 5.11 Å². The van der Waals surface area contributed by atoms with Crippen LogP contribution in [0, 0.1) is 0 Å². The van der Waals surface area contributed by atoms with E-state index in [-0.39, 0.29) is 5.75 Å². The molecule has 0 atom stereocenters. The monoisotopic (exact) mass is 295 g/mol. The highest BCUT2D eigenvalue weighted by Crippen LogP contribution is 2.33. The fourth-order valence-electron chi connectivity index (χ4n) is 2.13. The first kappa shape index (κ1) is 12.0. The van der Waals surface area contributed by atoms with E-state index in [1.54, 1.807) is 12.1 Å². The molecule has 3 heterocycles. The summed E-state index contributed by atoms with van der Waals surface area (Å²) in [4.78, 5) is 6.44. The lowest BCUT2D eigenvalue weighted by atomic mass is 10.2. The summed E-state index contributed by atoms with van der Waals surface area (Å²) in [6.07, 6.45) is 0. The summed E-state index contributed by atoms with van der Waals surface area (Å²) in [5.41, 5.74) is 1.41. The van der Waals surface area contributed by atoms with Crippen LogP contribution in [0.1, 0.15) is 0 Å². The van der Waals surface area contributed by atoms with Gasteiger partial charge in [0.25, 0.3) is 0 Å². The van der Waals surface area contributed by atoms with Crippen molar-refractivity contribution in [3.63, 3.8) is 0 Å². The van der Waals surface area contributed by atoms with E-state index in [0.29, 0.717) is 11.3 Å². The number of thiophene rings is 1. The molecule has 3 aromatic heterocycles. The number of phenolic OH excluding ortho intramolecular Hbond substituents is 1. The zero-order valence-corrected chi connectivity index (χ0v) is 11.5. The predicted molar refractivity (Wildman–Crippen MR) is 79.9 cm³/mol. The molecule has 0 saturated heterocycles. The Hall–Kier alpha value is -2.80. The molecule has 0 saturated carbocycles. The van der Waals surface area contributed by atoms with Crippen molar-refractivity contribution in [2.24, 2.45) is 0 Å². The highest BCUT2D eigenvalue weighted by atomic mass is 32.1. The van der Waals surface area contributed by atoms with Crippen molar-refractivity contribution >= 4 is 22.2 Å². The maximum atomic E-state index is 9.91. The van der Waals surface area contributed by atoms with Gasteiger partial charge >= 0.3 is 0 Å². The molecule has 2 N–H and O–H groups in total. The smallest absolute Gasteiger partial charge is 0.214 e. The van der Waals surface area contributed by atoms with E-state index < -0.39 is 0 Å². The number of nitrogens with one attached hydrogen (secondary N) is 1. The minimum Gasteiger partial charge on any atom is -0.506 e. The van der Waals surface area contributed by atoms with Gasteiger partial charge in [-0.1, -0.05) is 18.2 Å². The fourth-order valence-corrected chi connectivity index (χ4v) is 3.04. The molecule has 0 fully saturated rings. The highest BCUT2D eigenvalue weighted by Gasteiger charge is 2.10. The number of aromatic amines is 1. The van der Waals surface area contributed by atoms with Gasteiger partial charge in [-0.05, 0) is 29.5 Å². The fraction of sp³-hybridized carbons (Fsp3) is 0. The number of aromatic hydroxyl groups is 1. The average Bonchev–Trinajstić information content (AvgIpc) is 3.18. The van der Waals surface area contributed by atoms with Crippen molar-refractivity contribution in [2.75, 3.05) is 0 Å². The molecule has 0 aliphatic rings. The molecule has 102 valence electrons. The molecule has 0 bridgehead atoms. The van der Waals surface area contributed by atoms with Gasteiger partial charge in [0.2, 0.25) is 5.82 Å². The van der Waals surface area contributed by atoms with Crippen LogP contribution in [0.3, 0.4) is 0 Å². The van der Waals surface area contributed by atoms with Gasteiger partial charge in [-0.2, -0.15) is 5.21 Å². The van der Waals surface area contributed by atoms with Crippen LogP contribution in [0.2, 0.25) is 0 Å². The number of hydrogen-bond donors (Lipinski definition) is 2. The Bertz CT molecular complexity index is 916. The van der Waals surface area contributed by atoms with Crippen LogP contribution in [0.15, 0.2) is 42.5 Å². The van der Waals surface area contributed by atoms with Crippen molar-refractivity contribution in [1.82, 2.24) is 25.6 Å². The molecular formula is C14H9N5OS. The third-order valence-electron chi connectivity index (χ3n) is 3.12. The Morgan fingerprint density at radius 3 is 2.76 bits per heavy atom. The van der Waals surface area contributed by atoms with Crippen molar-refractivity contribution in [2.45, 2.75) is 0 Å². The van der Waals surface area contributed by atoms with Gasteiger partial charge in [-0.25, -0.2) is 4.98 Å². The van der Waals surface area contributed by atoms with Crippen LogP contribution in [-0.4, -0.2) is 30.7 Å². The minimum atomic E-state index is 0.185. The summed E-state index contributed by atoms with van der Waals surface area (Å²) in [5, 5.41) is 24.7. The predicted octanol–water partition coefficient (Wildman–Crippen LogP) is 2.85.